The number of rotatable bonds is 10. The number of ether oxygens (including phenoxy) is 1. The molecule has 0 aliphatic heterocycles. The molecule has 3 aromatic rings. The highest BCUT2D eigenvalue weighted by molar-refractivity contribution is 5.85. The highest BCUT2D eigenvalue weighted by atomic mass is 35.5. The highest BCUT2D eigenvalue weighted by Gasteiger charge is 2.07. The SMILES string of the molecule is Cc1nc(COc2ccc(CN(CCN)CCc3ccccc3)cc2)no1.Cl. The van der Waals surface area contributed by atoms with E-state index in [9.17, 15) is 0 Å². The van der Waals surface area contributed by atoms with E-state index in [0.717, 1.165) is 31.8 Å². The Labute approximate surface area is 172 Å². The lowest BCUT2D eigenvalue weighted by Crippen LogP contribution is -2.31. The van der Waals surface area contributed by atoms with Crippen molar-refractivity contribution in [1.29, 1.82) is 0 Å². The van der Waals surface area contributed by atoms with Crippen LogP contribution in [-0.2, 0) is 19.6 Å². The Kier molecular flexibility index (Phi) is 8.94. The van der Waals surface area contributed by atoms with Gasteiger partial charge in [0.25, 0.3) is 0 Å². The van der Waals surface area contributed by atoms with Gasteiger partial charge in [-0.1, -0.05) is 47.6 Å². The molecule has 3 rings (SSSR count). The first kappa shape index (κ1) is 21.9. The van der Waals surface area contributed by atoms with Crippen molar-refractivity contribution in [3.8, 4) is 5.75 Å². The van der Waals surface area contributed by atoms with Crippen LogP contribution in [0.1, 0.15) is 22.8 Å². The van der Waals surface area contributed by atoms with Crippen LogP contribution in [0.3, 0.4) is 0 Å². The normalized spacial score (nSPS) is 10.7. The molecule has 0 fully saturated rings. The monoisotopic (exact) mass is 402 g/mol. The van der Waals surface area contributed by atoms with E-state index in [0.29, 0.717) is 24.9 Å². The van der Waals surface area contributed by atoms with Crippen molar-refractivity contribution in [1.82, 2.24) is 15.0 Å². The summed E-state index contributed by atoms with van der Waals surface area (Å²) in [6, 6.07) is 18.7. The van der Waals surface area contributed by atoms with Crippen LogP contribution < -0.4 is 10.5 Å². The minimum atomic E-state index is 0. The molecule has 0 saturated carbocycles. The van der Waals surface area contributed by atoms with Gasteiger partial charge in [0.05, 0.1) is 0 Å². The fourth-order valence-corrected chi connectivity index (χ4v) is 2.88. The van der Waals surface area contributed by atoms with Gasteiger partial charge in [0.2, 0.25) is 11.7 Å². The second-order valence-electron chi connectivity index (χ2n) is 6.46. The first-order valence-corrected chi connectivity index (χ1v) is 9.20. The zero-order chi connectivity index (χ0) is 18.9. The lowest BCUT2D eigenvalue weighted by molar-refractivity contribution is 0.275. The van der Waals surface area contributed by atoms with E-state index in [-0.39, 0.29) is 12.4 Å². The van der Waals surface area contributed by atoms with Crippen molar-refractivity contribution in [2.45, 2.75) is 26.5 Å². The summed E-state index contributed by atoms with van der Waals surface area (Å²) in [7, 11) is 0. The first-order valence-electron chi connectivity index (χ1n) is 9.20. The average Bonchev–Trinajstić information content (AvgIpc) is 3.12. The quantitative estimate of drug-likeness (QED) is 0.560. The van der Waals surface area contributed by atoms with Crippen molar-refractivity contribution in [2.75, 3.05) is 19.6 Å². The third kappa shape index (κ3) is 6.96. The molecule has 0 saturated heterocycles. The minimum Gasteiger partial charge on any atom is -0.485 e. The summed E-state index contributed by atoms with van der Waals surface area (Å²) in [4.78, 5) is 6.51. The summed E-state index contributed by atoms with van der Waals surface area (Å²) in [5.74, 6) is 1.88. The summed E-state index contributed by atoms with van der Waals surface area (Å²) in [5.41, 5.74) is 8.37. The van der Waals surface area contributed by atoms with E-state index in [2.05, 4.69) is 51.4 Å². The zero-order valence-corrected chi connectivity index (χ0v) is 16.9. The maximum Gasteiger partial charge on any atom is 0.223 e. The van der Waals surface area contributed by atoms with Crippen molar-refractivity contribution in [3.63, 3.8) is 0 Å². The molecule has 0 aliphatic carbocycles. The van der Waals surface area contributed by atoms with Crippen molar-refractivity contribution in [3.05, 3.63) is 77.4 Å². The number of benzene rings is 2. The summed E-state index contributed by atoms with van der Waals surface area (Å²) in [6.45, 7) is 5.44. The number of halogens is 1. The minimum absolute atomic E-state index is 0. The molecule has 0 unspecified atom stereocenters. The number of hydrogen-bond acceptors (Lipinski definition) is 6. The summed E-state index contributed by atoms with van der Waals surface area (Å²) < 4.78 is 10.6. The van der Waals surface area contributed by atoms with E-state index < -0.39 is 0 Å². The van der Waals surface area contributed by atoms with Crippen LogP contribution in [0.15, 0.2) is 59.1 Å². The maximum atomic E-state index is 5.79. The second-order valence-corrected chi connectivity index (χ2v) is 6.46. The first-order chi connectivity index (χ1) is 13.2. The van der Waals surface area contributed by atoms with Gasteiger partial charge < -0.3 is 15.0 Å². The molecular weight excluding hydrogens is 376 g/mol. The molecule has 0 spiro atoms. The molecular formula is C21H27ClN4O2. The summed E-state index contributed by atoms with van der Waals surface area (Å²) in [6.07, 6.45) is 1.02. The smallest absolute Gasteiger partial charge is 0.223 e. The number of nitrogens with zero attached hydrogens (tertiary/aromatic N) is 3. The van der Waals surface area contributed by atoms with Crippen LogP contribution >= 0.6 is 12.4 Å². The largest absolute Gasteiger partial charge is 0.485 e. The van der Waals surface area contributed by atoms with Crippen LogP contribution in [0.5, 0.6) is 5.75 Å². The van der Waals surface area contributed by atoms with E-state index in [1.165, 1.54) is 11.1 Å². The van der Waals surface area contributed by atoms with Crippen LogP contribution in [0.25, 0.3) is 0 Å². The van der Waals surface area contributed by atoms with E-state index >= 15 is 0 Å². The van der Waals surface area contributed by atoms with Crippen LogP contribution in [-0.4, -0.2) is 34.7 Å². The fraction of sp³-hybridized carbons (Fsp3) is 0.333. The predicted molar refractivity (Wildman–Crippen MR) is 112 cm³/mol. The molecule has 0 aliphatic rings. The summed E-state index contributed by atoms with van der Waals surface area (Å²) in [5, 5.41) is 3.82. The molecule has 6 nitrogen and oxygen atoms in total. The van der Waals surface area contributed by atoms with Gasteiger partial charge in [-0.25, -0.2) is 0 Å². The Morgan fingerprint density at radius 2 is 1.75 bits per heavy atom. The van der Waals surface area contributed by atoms with E-state index in [4.69, 9.17) is 15.0 Å². The topological polar surface area (TPSA) is 77.4 Å². The number of aromatic nitrogens is 2. The summed E-state index contributed by atoms with van der Waals surface area (Å²) >= 11 is 0. The fourth-order valence-electron chi connectivity index (χ4n) is 2.88. The second kappa shape index (κ2) is 11.4. The lowest BCUT2D eigenvalue weighted by Gasteiger charge is -2.22. The van der Waals surface area contributed by atoms with E-state index in [1.807, 2.05) is 18.2 Å². The molecule has 2 N–H and O–H groups in total. The average molecular weight is 403 g/mol. The Morgan fingerprint density at radius 3 is 2.39 bits per heavy atom. The van der Waals surface area contributed by atoms with Crippen molar-refractivity contribution in [2.24, 2.45) is 5.73 Å². The molecule has 7 heteroatoms. The number of nitrogens with two attached hydrogens (primary N) is 1. The van der Waals surface area contributed by atoms with Crippen LogP contribution in [0, 0.1) is 6.92 Å². The van der Waals surface area contributed by atoms with Gasteiger partial charge in [-0.05, 0) is 29.7 Å². The lowest BCUT2D eigenvalue weighted by atomic mass is 10.1. The van der Waals surface area contributed by atoms with Gasteiger partial charge in [0.15, 0.2) is 6.61 Å². The number of hydrogen-bond donors (Lipinski definition) is 1. The van der Waals surface area contributed by atoms with Gasteiger partial charge in [-0.2, -0.15) is 4.98 Å². The standard InChI is InChI=1S/C21H26N4O2.ClH/c1-17-23-21(24-27-17)16-26-20-9-7-19(8-10-20)15-25(14-12-22)13-11-18-5-3-2-4-6-18;/h2-10H,11-16,22H2,1H3;1H. The Hall–Kier alpha value is -2.41. The van der Waals surface area contributed by atoms with Gasteiger partial charge in [0, 0.05) is 33.1 Å². The number of aryl methyl sites for hydroxylation is 1. The predicted octanol–water partition coefficient (Wildman–Crippen LogP) is 3.38. The Bertz CT molecular complexity index is 809. The third-order valence-corrected chi connectivity index (χ3v) is 4.27. The molecule has 1 aromatic heterocycles. The van der Waals surface area contributed by atoms with Crippen molar-refractivity contribution >= 4 is 12.4 Å². The zero-order valence-electron chi connectivity index (χ0n) is 16.1. The molecule has 0 amide bonds. The third-order valence-electron chi connectivity index (χ3n) is 4.27. The van der Waals surface area contributed by atoms with Crippen LogP contribution in [0.2, 0.25) is 0 Å². The molecule has 0 atom stereocenters. The molecule has 150 valence electrons. The van der Waals surface area contributed by atoms with Gasteiger partial charge in [-0.15, -0.1) is 12.4 Å². The maximum absolute atomic E-state index is 5.79. The molecule has 0 bridgehead atoms. The van der Waals surface area contributed by atoms with Gasteiger partial charge >= 0.3 is 0 Å². The van der Waals surface area contributed by atoms with Gasteiger partial charge in [0.1, 0.15) is 5.75 Å². The molecule has 0 radical (unpaired) electrons. The molecule has 1 heterocycles. The highest BCUT2D eigenvalue weighted by Crippen LogP contribution is 2.15. The van der Waals surface area contributed by atoms with Crippen molar-refractivity contribution < 1.29 is 9.26 Å². The van der Waals surface area contributed by atoms with Gasteiger partial charge in [-0.3, -0.25) is 4.90 Å². The Morgan fingerprint density at radius 1 is 1.00 bits per heavy atom. The molecule has 28 heavy (non-hydrogen) atoms. The van der Waals surface area contributed by atoms with E-state index in [1.54, 1.807) is 6.92 Å². The van der Waals surface area contributed by atoms with Crippen LogP contribution in [0.4, 0.5) is 0 Å². The Balaban J connectivity index is 0.00000280. The molecule has 2 aromatic carbocycles.